The Hall–Kier alpha value is -3.07. The van der Waals surface area contributed by atoms with Crippen molar-refractivity contribution in [3.63, 3.8) is 0 Å². The third kappa shape index (κ3) is 4.68. The quantitative estimate of drug-likeness (QED) is 0.523. The Bertz CT molecular complexity index is 1030. The van der Waals surface area contributed by atoms with Gasteiger partial charge in [0.15, 0.2) is 0 Å². The molecule has 2 aromatic rings. The first kappa shape index (κ1) is 20.7. The first-order valence-electron chi connectivity index (χ1n) is 8.78. The van der Waals surface area contributed by atoms with E-state index < -0.39 is 16.1 Å². The average molecular weight is 419 g/mol. The zero-order valence-electron chi connectivity index (χ0n) is 16.2. The van der Waals surface area contributed by atoms with Crippen LogP contribution in [-0.2, 0) is 19.6 Å². The minimum Gasteiger partial charge on any atom is -0.496 e. The second kappa shape index (κ2) is 8.12. The molecular weight excluding hydrogens is 398 g/mol. The third-order valence-corrected chi connectivity index (χ3v) is 5.12. The second-order valence-corrected chi connectivity index (χ2v) is 8.21. The minimum absolute atomic E-state index is 0.0530. The summed E-state index contributed by atoms with van der Waals surface area (Å²) in [5.41, 5.74) is 1.85. The van der Waals surface area contributed by atoms with Crippen LogP contribution in [0.2, 0.25) is 0 Å². The molecule has 1 fully saturated rings. The molecule has 0 aromatic heterocycles. The number of rotatable bonds is 6. The molecule has 0 N–H and O–H groups in total. The lowest BCUT2D eigenvalue weighted by molar-refractivity contribution is -0.117. The Morgan fingerprint density at radius 3 is 2.38 bits per heavy atom. The number of benzene rings is 2. The van der Waals surface area contributed by atoms with Gasteiger partial charge in [-0.1, -0.05) is 6.07 Å². The van der Waals surface area contributed by atoms with Crippen LogP contribution >= 0.6 is 0 Å². The van der Waals surface area contributed by atoms with Crippen molar-refractivity contribution in [1.29, 1.82) is 0 Å². The molecule has 0 spiro atoms. The predicted molar refractivity (Wildman–Crippen MR) is 106 cm³/mol. The first-order valence-corrected chi connectivity index (χ1v) is 10.6. The Balaban J connectivity index is 1.79. The molecule has 29 heavy (non-hydrogen) atoms. The summed E-state index contributed by atoms with van der Waals surface area (Å²) in [6.07, 6.45) is 1.28. The standard InChI is InChI=1S/C20H21NO7S/c1-26-18-10-13(4-9-17(18)20(23)27-2)14-11-19(22)21(12-14)15-5-7-16(8-6-15)28-29(3,24)25/h4-10,14H,11-12H2,1-3H3. The summed E-state index contributed by atoms with van der Waals surface area (Å²) >= 11 is 0. The lowest BCUT2D eigenvalue weighted by atomic mass is 9.96. The Kier molecular flexibility index (Phi) is 5.78. The molecule has 1 heterocycles. The summed E-state index contributed by atoms with van der Waals surface area (Å²) < 4.78 is 37.3. The SMILES string of the molecule is COC(=O)c1ccc(C2CC(=O)N(c3ccc(OS(C)(=O)=O)cc3)C2)cc1OC. The van der Waals surface area contributed by atoms with Crippen molar-refractivity contribution in [3.8, 4) is 11.5 Å². The summed E-state index contributed by atoms with van der Waals surface area (Å²) in [5.74, 6) is -0.0446. The molecule has 0 aliphatic carbocycles. The Morgan fingerprint density at radius 1 is 1.10 bits per heavy atom. The fourth-order valence-electron chi connectivity index (χ4n) is 3.28. The number of carbonyl (C=O) groups is 2. The van der Waals surface area contributed by atoms with Crippen molar-refractivity contribution in [2.75, 3.05) is 31.9 Å². The van der Waals surface area contributed by atoms with Gasteiger partial charge < -0.3 is 18.6 Å². The van der Waals surface area contributed by atoms with Crippen LogP contribution in [0.4, 0.5) is 5.69 Å². The Labute approximate surface area is 169 Å². The first-order chi connectivity index (χ1) is 13.7. The van der Waals surface area contributed by atoms with Gasteiger partial charge in [-0.05, 0) is 42.0 Å². The lowest BCUT2D eigenvalue weighted by Gasteiger charge is -2.18. The van der Waals surface area contributed by atoms with Gasteiger partial charge in [0.05, 0.1) is 20.5 Å². The van der Waals surface area contributed by atoms with Crippen LogP contribution in [0.1, 0.15) is 28.3 Å². The van der Waals surface area contributed by atoms with Crippen molar-refractivity contribution in [2.45, 2.75) is 12.3 Å². The predicted octanol–water partition coefficient (Wildman–Crippen LogP) is 2.34. The Morgan fingerprint density at radius 2 is 1.79 bits per heavy atom. The lowest BCUT2D eigenvalue weighted by Crippen LogP contribution is -2.24. The normalized spacial score (nSPS) is 16.6. The van der Waals surface area contributed by atoms with E-state index in [0.717, 1.165) is 11.8 Å². The number of amides is 1. The highest BCUT2D eigenvalue weighted by Crippen LogP contribution is 2.35. The number of carbonyl (C=O) groups excluding carboxylic acids is 2. The average Bonchev–Trinajstić information content (AvgIpc) is 3.08. The number of nitrogens with zero attached hydrogens (tertiary/aromatic N) is 1. The molecule has 0 radical (unpaired) electrons. The van der Waals surface area contributed by atoms with E-state index in [1.54, 1.807) is 35.2 Å². The molecule has 1 atom stereocenters. The molecule has 0 saturated carbocycles. The molecule has 1 amide bonds. The van der Waals surface area contributed by atoms with E-state index in [4.69, 9.17) is 13.7 Å². The van der Waals surface area contributed by atoms with E-state index in [0.29, 0.717) is 30.0 Å². The van der Waals surface area contributed by atoms with Gasteiger partial charge in [-0.3, -0.25) is 4.79 Å². The number of anilines is 1. The minimum atomic E-state index is -3.61. The summed E-state index contributed by atoms with van der Waals surface area (Å²) in [6, 6.07) is 11.5. The van der Waals surface area contributed by atoms with Crippen LogP contribution in [0.25, 0.3) is 0 Å². The molecule has 1 aliphatic heterocycles. The molecule has 8 nitrogen and oxygen atoms in total. The van der Waals surface area contributed by atoms with Crippen molar-refractivity contribution in [1.82, 2.24) is 0 Å². The third-order valence-electron chi connectivity index (χ3n) is 4.62. The molecule has 1 aliphatic rings. The summed E-state index contributed by atoms with van der Waals surface area (Å²) in [7, 11) is -0.837. The largest absolute Gasteiger partial charge is 0.496 e. The van der Waals surface area contributed by atoms with Gasteiger partial charge in [-0.15, -0.1) is 0 Å². The molecule has 2 aromatic carbocycles. The zero-order chi connectivity index (χ0) is 21.2. The molecule has 3 rings (SSSR count). The van der Waals surface area contributed by atoms with Crippen LogP contribution in [0, 0.1) is 0 Å². The highest BCUT2D eigenvalue weighted by molar-refractivity contribution is 7.86. The summed E-state index contributed by atoms with van der Waals surface area (Å²) in [6.45, 7) is 0.450. The number of ether oxygens (including phenoxy) is 2. The smallest absolute Gasteiger partial charge is 0.341 e. The van der Waals surface area contributed by atoms with Crippen LogP contribution in [-0.4, -0.2) is 47.3 Å². The molecule has 1 saturated heterocycles. The van der Waals surface area contributed by atoms with Crippen LogP contribution < -0.4 is 13.8 Å². The van der Waals surface area contributed by atoms with E-state index in [-0.39, 0.29) is 17.6 Å². The van der Waals surface area contributed by atoms with Gasteiger partial charge in [0.2, 0.25) is 5.91 Å². The van der Waals surface area contributed by atoms with Crippen LogP contribution in [0.3, 0.4) is 0 Å². The van der Waals surface area contributed by atoms with Gasteiger partial charge in [0.1, 0.15) is 17.1 Å². The molecular formula is C20H21NO7S. The number of methoxy groups -OCH3 is 2. The fourth-order valence-corrected chi connectivity index (χ4v) is 3.74. The number of esters is 1. The van der Waals surface area contributed by atoms with Gasteiger partial charge in [-0.25, -0.2) is 4.79 Å². The molecule has 9 heteroatoms. The van der Waals surface area contributed by atoms with E-state index in [1.807, 2.05) is 0 Å². The summed E-state index contributed by atoms with van der Waals surface area (Å²) in [5, 5.41) is 0. The van der Waals surface area contributed by atoms with Crippen molar-refractivity contribution >= 4 is 27.7 Å². The van der Waals surface area contributed by atoms with E-state index in [9.17, 15) is 18.0 Å². The topological polar surface area (TPSA) is 99.2 Å². The summed E-state index contributed by atoms with van der Waals surface area (Å²) in [4.78, 5) is 26.0. The van der Waals surface area contributed by atoms with Crippen molar-refractivity contribution in [2.24, 2.45) is 0 Å². The molecule has 1 unspecified atom stereocenters. The van der Waals surface area contributed by atoms with Crippen LogP contribution in [0.15, 0.2) is 42.5 Å². The zero-order valence-corrected chi connectivity index (χ0v) is 17.1. The highest BCUT2D eigenvalue weighted by atomic mass is 32.2. The van der Waals surface area contributed by atoms with Gasteiger partial charge in [-0.2, -0.15) is 8.42 Å². The van der Waals surface area contributed by atoms with Crippen LogP contribution in [0.5, 0.6) is 11.5 Å². The highest BCUT2D eigenvalue weighted by Gasteiger charge is 2.32. The van der Waals surface area contributed by atoms with E-state index in [1.165, 1.54) is 26.4 Å². The molecule has 154 valence electrons. The van der Waals surface area contributed by atoms with Gasteiger partial charge in [0, 0.05) is 24.6 Å². The maximum atomic E-state index is 12.5. The molecule has 0 bridgehead atoms. The maximum absolute atomic E-state index is 12.5. The van der Waals surface area contributed by atoms with Gasteiger partial charge in [0.25, 0.3) is 0 Å². The number of hydrogen-bond acceptors (Lipinski definition) is 7. The van der Waals surface area contributed by atoms with E-state index in [2.05, 4.69) is 0 Å². The number of hydrogen-bond donors (Lipinski definition) is 0. The second-order valence-electron chi connectivity index (χ2n) is 6.64. The fraction of sp³-hybridized carbons (Fsp3) is 0.300. The van der Waals surface area contributed by atoms with E-state index >= 15 is 0 Å². The van der Waals surface area contributed by atoms with Gasteiger partial charge >= 0.3 is 16.1 Å². The maximum Gasteiger partial charge on any atom is 0.341 e. The van der Waals surface area contributed by atoms with Crippen molar-refractivity contribution < 1.29 is 31.7 Å². The monoisotopic (exact) mass is 419 g/mol. The van der Waals surface area contributed by atoms with Crippen molar-refractivity contribution in [3.05, 3.63) is 53.6 Å².